The summed E-state index contributed by atoms with van der Waals surface area (Å²) in [7, 11) is 4.96. The van der Waals surface area contributed by atoms with Gasteiger partial charge in [0.05, 0.1) is 24.7 Å². The summed E-state index contributed by atoms with van der Waals surface area (Å²) in [6.07, 6.45) is -3.60. The van der Waals surface area contributed by atoms with Crippen LogP contribution in [-0.4, -0.2) is 83.8 Å². The van der Waals surface area contributed by atoms with E-state index < -0.39 is 67.2 Å². The van der Waals surface area contributed by atoms with Gasteiger partial charge in [0.1, 0.15) is 18.8 Å². The van der Waals surface area contributed by atoms with E-state index in [1.807, 2.05) is 5.23 Å². The van der Waals surface area contributed by atoms with Crippen molar-refractivity contribution in [3.05, 3.63) is 0 Å². The van der Waals surface area contributed by atoms with E-state index in [2.05, 4.69) is 5.32 Å². The lowest BCUT2D eigenvalue weighted by atomic mass is 9.87. The van der Waals surface area contributed by atoms with Crippen LogP contribution in [0.2, 0.25) is 0 Å². The van der Waals surface area contributed by atoms with Crippen LogP contribution in [-0.2, 0) is 19.1 Å². The fourth-order valence-electron chi connectivity index (χ4n) is 3.13. The molecule has 0 aromatic heterocycles. The maximum atomic E-state index is 11.5. The molecule has 0 aromatic rings. The highest BCUT2D eigenvalue weighted by atomic mass is 16.5. The van der Waals surface area contributed by atoms with Crippen LogP contribution in [0.5, 0.6) is 0 Å². The van der Waals surface area contributed by atoms with Crippen LogP contribution in [0.3, 0.4) is 0 Å². The van der Waals surface area contributed by atoms with Crippen LogP contribution < -0.4 is 10.5 Å². The number of ether oxygens (including phenoxy) is 1. The first-order chi connectivity index (χ1) is 11.7. The highest BCUT2D eigenvalue weighted by molar-refractivity contribution is 6.14. The number of carbonyl (C=O) groups is 3. The molecular weight excluding hydrogens is 335 g/mol. The Hall–Kier alpha value is -1.69. The minimum absolute atomic E-state index is 0.201. The average Bonchev–Trinajstić information content (AvgIpc) is 2.99. The van der Waals surface area contributed by atoms with E-state index in [1.165, 1.54) is 6.92 Å². The lowest BCUT2D eigenvalue weighted by Crippen LogP contribution is -2.55. The Balaban J connectivity index is 3.04. The SMILES string of the molecule is [B]NC(=O)CO[C@H]1[C@@H]([C@H](NC(C)=O)[C@@H](O)[C@@H](O)CO)CC[C@@H]1C(=O)O. The van der Waals surface area contributed by atoms with Gasteiger partial charge in [0.15, 0.2) is 0 Å². The molecule has 0 unspecified atom stereocenters. The van der Waals surface area contributed by atoms with Crippen LogP contribution in [0.25, 0.3) is 0 Å². The molecule has 6 atom stereocenters. The summed E-state index contributed by atoms with van der Waals surface area (Å²) in [6.45, 7) is -0.0350. The molecule has 1 saturated carbocycles. The number of carbonyl (C=O) groups excluding carboxylic acids is 2. The molecule has 25 heavy (non-hydrogen) atoms. The Kier molecular flexibility index (Phi) is 8.29. The summed E-state index contributed by atoms with van der Waals surface area (Å²) >= 11 is 0. The smallest absolute Gasteiger partial charge is 0.309 e. The van der Waals surface area contributed by atoms with Gasteiger partial charge >= 0.3 is 5.97 Å². The molecule has 0 saturated heterocycles. The predicted octanol–water partition coefficient (Wildman–Crippen LogP) is -3.10. The maximum Gasteiger partial charge on any atom is 0.309 e. The van der Waals surface area contributed by atoms with Crippen molar-refractivity contribution in [1.29, 1.82) is 0 Å². The number of aliphatic hydroxyl groups excluding tert-OH is 3. The van der Waals surface area contributed by atoms with Crippen molar-refractivity contribution in [2.45, 2.75) is 44.1 Å². The zero-order chi connectivity index (χ0) is 19.1. The van der Waals surface area contributed by atoms with Crippen LogP contribution in [0.1, 0.15) is 19.8 Å². The lowest BCUT2D eigenvalue weighted by molar-refractivity contribution is -0.150. The second-order valence-electron chi connectivity index (χ2n) is 6.00. The minimum atomic E-state index is -1.54. The van der Waals surface area contributed by atoms with Gasteiger partial charge in [-0.3, -0.25) is 14.4 Å². The number of carboxylic acid groups (broad SMARTS) is 1. The molecule has 140 valence electrons. The summed E-state index contributed by atoms with van der Waals surface area (Å²) in [6, 6.07) is -1.06. The first kappa shape index (κ1) is 21.4. The molecule has 0 aromatic carbocycles. The maximum absolute atomic E-state index is 11.5. The number of hydrogen-bond acceptors (Lipinski definition) is 7. The summed E-state index contributed by atoms with van der Waals surface area (Å²) in [4.78, 5) is 34.2. The van der Waals surface area contributed by atoms with Gasteiger partial charge in [0.2, 0.25) is 19.8 Å². The predicted molar refractivity (Wildman–Crippen MR) is 84.2 cm³/mol. The standard InChI is InChI=1S/C14H23BN2O8/c1-6(19)16-11(12(22)9(20)4-18)7-2-3-8(14(23)24)13(7)25-5-10(21)17-15/h7-9,11-13,18,20,22H,2-5H2,1H3,(H,16,19)(H,17,21)(H,23,24)/t7-,8+,9+,11+,12+,13+/m1/s1. The van der Waals surface area contributed by atoms with E-state index in [4.69, 9.17) is 17.8 Å². The monoisotopic (exact) mass is 358 g/mol. The van der Waals surface area contributed by atoms with Crippen LogP contribution in [0, 0.1) is 11.8 Å². The molecule has 0 aliphatic heterocycles. The van der Waals surface area contributed by atoms with E-state index in [-0.39, 0.29) is 12.8 Å². The molecule has 0 bridgehead atoms. The fraction of sp³-hybridized carbons (Fsp3) is 0.786. The van der Waals surface area contributed by atoms with Gasteiger partial charge in [-0.2, -0.15) is 0 Å². The van der Waals surface area contributed by atoms with Crippen LogP contribution >= 0.6 is 0 Å². The van der Waals surface area contributed by atoms with Crippen molar-refractivity contribution in [3.63, 3.8) is 0 Å². The molecule has 11 heteroatoms. The Labute approximate surface area is 146 Å². The summed E-state index contributed by atoms with van der Waals surface area (Å²) in [5.41, 5.74) is 0. The van der Waals surface area contributed by atoms with Crippen molar-refractivity contribution in [1.82, 2.24) is 10.5 Å². The van der Waals surface area contributed by atoms with Crippen molar-refractivity contribution in [2.75, 3.05) is 13.2 Å². The Bertz CT molecular complexity index is 491. The molecule has 2 radical (unpaired) electrons. The number of hydrogen-bond donors (Lipinski definition) is 6. The number of amides is 2. The molecule has 0 spiro atoms. The van der Waals surface area contributed by atoms with E-state index in [9.17, 15) is 29.7 Å². The van der Waals surface area contributed by atoms with Gasteiger partial charge in [0, 0.05) is 12.8 Å². The molecule has 1 fully saturated rings. The second-order valence-corrected chi connectivity index (χ2v) is 6.00. The number of rotatable bonds is 9. The number of aliphatic hydroxyl groups is 3. The molecule has 1 aliphatic carbocycles. The topological polar surface area (TPSA) is 165 Å². The minimum Gasteiger partial charge on any atom is -0.481 e. The van der Waals surface area contributed by atoms with Crippen LogP contribution in [0.15, 0.2) is 0 Å². The van der Waals surface area contributed by atoms with E-state index in [0.29, 0.717) is 0 Å². The number of carboxylic acids is 1. The van der Waals surface area contributed by atoms with Gasteiger partial charge < -0.3 is 35.7 Å². The van der Waals surface area contributed by atoms with Crippen molar-refractivity contribution in [3.8, 4) is 0 Å². The van der Waals surface area contributed by atoms with E-state index in [1.54, 1.807) is 0 Å². The van der Waals surface area contributed by atoms with Gasteiger partial charge in [-0.05, 0) is 12.8 Å². The Morgan fingerprint density at radius 2 is 1.92 bits per heavy atom. The van der Waals surface area contributed by atoms with E-state index in [0.717, 1.165) is 0 Å². The number of aliphatic carboxylic acids is 1. The normalized spacial score (nSPS) is 26.5. The van der Waals surface area contributed by atoms with Gasteiger partial charge in [0.25, 0.3) is 0 Å². The summed E-state index contributed by atoms with van der Waals surface area (Å²) in [5, 5.41) is 42.6. The third-order valence-electron chi connectivity index (χ3n) is 4.30. The third-order valence-corrected chi connectivity index (χ3v) is 4.30. The molecule has 0 heterocycles. The summed E-state index contributed by atoms with van der Waals surface area (Å²) < 4.78 is 5.39. The molecule has 10 nitrogen and oxygen atoms in total. The van der Waals surface area contributed by atoms with E-state index >= 15 is 0 Å². The van der Waals surface area contributed by atoms with Crippen LogP contribution in [0.4, 0.5) is 0 Å². The summed E-state index contributed by atoms with van der Waals surface area (Å²) in [5.74, 6) is -3.95. The van der Waals surface area contributed by atoms with Crippen molar-refractivity contribution < 1.29 is 39.5 Å². The molecular formula is C14H23BN2O8. The molecule has 1 aliphatic rings. The largest absolute Gasteiger partial charge is 0.481 e. The molecule has 6 N–H and O–H groups in total. The average molecular weight is 358 g/mol. The number of nitrogens with one attached hydrogen (secondary N) is 2. The highest BCUT2D eigenvalue weighted by Crippen LogP contribution is 2.37. The zero-order valence-electron chi connectivity index (χ0n) is 13.8. The van der Waals surface area contributed by atoms with Gasteiger partial charge in [-0.25, -0.2) is 0 Å². The van der Waals surface area contributed by atoms with Crippen molar-refractivity contribution >= 4 is 25.8 Å². The molecule has 2 amide bonds. The second kappa shape index (κ2) is 9.71. The van der Waals surface area contributed by atoms with Crippen molar-refractivity contribution in [2.24, 2.45) is 11.8 Å². The quantitative estimate of drug-likeness (QED) is 0.236. The highest BCUT2D eigenvalue weighted by Gasteiger charge is 2.48. The molecule has 1 rings (SSSR count). The Morgan fingerprint density at radius 1 is 1.28 bits per heavy atom. The fourth-order valence-corrected chi connectivity index (χ4v) is 3.13. The zero-order valence-corrected chi connectivity index (χ0v) is 13.8. The van der Waals surface area contributed by atoms with Gasteiger partial charge in [-0.1, -0.05) is 0 Å². The first-order valence-electron chi connectivity index (χ1n) is 7.80. The Morgan fingerprint density at radius 3 is 2.40 bits per heavy atom. The first-order valence-corrected chi connectivity index (χ1v) is 7.80. The third kappa shape index (κ3) is 5.67. The van der Waals surface area contributed by atoms with Gasteiger partial charge in [-0.15, -0.1) is 0 Å². The lowest BCUT2D eigenvalue weighted by Gasteiger charge is -2.35.